The molecule has 9 nitrogen and oxygen atoms in total. The van der Waals surface area contributed by atoms with Gasteiger partial charge in [-0.15, -0.1) is 0 Å². The first-order valence-corrected chi connectivity index (χ1v) is 11.1. The van der Waals surface area contributed by atoms with Gasteiger partial charge in [-0.05, 0) is 25.3 Å². The van der Waals surface area contributed by atoms with Gasteiger partial charge in [-0.3, -0.25) is 0 Å². The van der Waals surface area contributed by atoms with Gasteiger partial charge in [-0.2, -0.15) is 15.0 Å². The predicted molar refractivity (Wildman–Crippen MR) is 113 cm³/mol. The van der Waals surface area contributed by atoms with Gasteiger partial charge >= 0.3 is 0 Å². The van der Waals surface area contributed by atoms with Crippen molar-refractivity contribution in [3.8, 4) is 11.4 Å². The molecule has 0 amide bonds. The van der Waals surface area contributed by atoms with Crippen LogP contribution in [0.15, 0.2) is 12.3 Å². The minimum atomic E-state index is -2.72. The van der Waals surface area contributed by atoms with Crippen molar-refractivity contribution in [2.45, 2.75) is 43.9 Å². The van der Waals surface area contributed by atoms with Crippen LogP contribution in [0.5, 0.6) is 0 Å². The molecule has 11 heteroatoms. The Labute approximate surface area is 184 Å². The van der Waals surface area contributed by atoms with E-state index in [1.807, 2.05) is 0 Å². The largest absolute Gasteiger partial charge is 0.384 e. The average Bonchev–Trinajstić information content (AvgIpc) is 3.29. The van der Waals surface area contributed by atoms with E-state index in [1.54, 1.807) is 0 Å². The van der Waals surface area contributed by atoms with Crippen molar-refractivity contribution >= 4 is 17.7 Å². The van der Waals surface area contributed by atoms with Crippen LogP contribution in [0, 0.1) is 5.92 Å². The van der Waals surface area contributed by atoms with Crippen molar-refractivity contribution in [2.75, 3.05) is 48.4 Å². The smallest absolute Gasteiger partial charge is 0.264 e. The fourth-order valence-electron chi connectivity index (χ4n) is 5.29. The fourth-order valence-corrected chi connectivity index (χ4v) is 5.29. The molecule has 4 unspecified atom stereocenters. The van der Waals surface area contributed by atoms with E-state index in [1.165, 1.54) is 12.3 Å². The Morgan fingerprint density at radius 2 is 1.81 bits per heavy atom. The Morgan fingerprint density at radius 3 is 2.56 bits per heavy atom. The zero-order valence-electron chi connectivity index (χ0n) is 17.5. The Hall–Kier alpha value is -2.66. The van der Waals surface area contributed by atoms with Crippen LogP contribution in [-0.4, -0.2) is 71.0 Å². The summed E-state index contributed by atoms with van der Waals surface area (Å²) in [4.78, 5) is 22.3. The minimum Gasteiger partial charge on any atom is -0.384 e. The molecule has 0 aromatic carbocycles. The summed E-state index contributed by atoms with van der Waals surface area (Å²) in [7, 11) is 0. The van der Waals surface area contributed by atoms with E-state index in [2.05, 4.69) is 24.8 Å². The van der Waals surface area contributed by atoms with Crippen LogP contribution in [0.1, 0.15) is 31.3 Å². The quantitative estimate of drug-likeness (QED) is 0.757. The van der Waals surface area contributed by atoms with Gasteiger partial charge in [0.05, 0.1) is 31.5 Å². The molecule has 2 aromatic heterocycles. The van der Waals surface area contributed by atoms with Crippen LogP contribution in [-0.2, 0) is 9.47 Å². The Morgan fingerprint density at radius 1 is 1.03 bits per heavy atom. The lowest BCUT2D eigenvalue weighted by Crippen LogP contribution is -2.44. The molecule has 0 spiro atoms. The maximum Gasteiger partial charge on any atom is 0.264 e. The number of hydrogen-bond acceptors (Lipinski definition) is 9. The number of pyridine rings is 1. The lowest BCUT2D eigenvalue weighted by Gasteiger charge is -2.33. The number of fused-ring (bicyclic) bond motifs is 4. The summed E-state index contributed by atoms with van der Waals surface area (Å²) < 4.78 is 39.3. The minimum absolute atomic E-state index is 0.0359. The Bertz CT molecular complexity index is 1010. The Balaban J connectivity index is 1.44. The monoisotopic (exact) mass is 445 g/mol. The second-order valence-electron chi connectivity index (χ2n) is 9.06. The Kier molecular flexibility index (Phi) is 4.83. The zero-order chi connectivity index (χ0) is 21.8. The number of anilines is 3. The molecule has 170 valence electrons. The molecule has 0 saturated carbocycles. The second-order valence-corrected chi connectivity index (χ2v) is 9.06. The molecule has 4 atom stereocenters. The number of rotatable bonds is 4. The van der Waals surface area contributed by atoms with Gasteiger partial charge in [0.1, 0.15) is 5.82 Å². The van der Waals surface area contributed by atoms with E-state index in [-0.39, 0.29) is 41.0 Å². The van der Waals surface area contributed by atoms with Crippen LogP contribution in [0.4, 0.5) is 26.5 Å². The van der Waals surface area contributed by atoms with E-state index >= 15 is 0 Å². The van der Waals surface area contributed by atoms with Crippen LogP contribution in [0.3, 0.4) is 0 Å². The van der Waals surface area contributed by atoms with Gasteiger partial charge in [0, 0.05) is 42.9 Å². The summed E-state index contributed by atoms with van der Waals surface area (Å²) in [6.07, 6.45) is 1.93. The number of morpholine rings is 1. The molecule has 2 aromatic rings. The van der Waals surface area contributed by atoms with Crippen LogP contribution >= 0.6 is 0 Å². The molecule has 32 heavy (non-hydrogen) atoms. The molecule has 4 saturated heterocycles. The molecular weight excluding hydrogens is 420 g/mol. The van der Waals surface area contributed by atoms with Crippen LogP contribution in [0.25, 0.3) is 11.4 Å². The van der Waals surface area contributed by atoms with Crippen molar-refractivity contribution in [2.24, 2.45) is 5.92 Å². The van der Waals surface area contributed by atoms with E-state index in [0.717, 1.165) is 32.4 Å². The van der Waals surface area contributed by atoms with Crippen LogP contribution in [0.2, 0.25) is 0 Å². The summed E-state index contributed by atoms with van der Waals surface area (Å²) in [6, 6.07) is 1.37. The van der Waals surface area contributed by atoms with Crippen LogP contribution < -0.4 is 15.5 Å². The summed E-state index contributed by atoms with van der Waals surface area (Å²) in [6.45, 7) is 3.47. The number of nitrogens with zero attached hydrogens (tertiary/aromatic N) is 6. The molecule has 0 radical (unpaired) electrons. The van der Waals surface area contributed by atoms with Crippen molar-refractivity contribution in [3.05, 3.63) is 17.8 Å². The lowest BCUT2D eigenvalue weighted by molar-refractivity contribution is 0.0299. The topological polar surface area (TPSA) is 103 Å². The maximum absolute atomic E-state index is 13.8. The molecule has 4 aliphatic rings. The second kappa shape index (κ2) is 7.73. The average molecular weight is 445 g/mol. The third kappa shape index (κ3) is 3.53. The third-order valence-electron chi connectivity index (χ3n) is 6.79. The molecule has 4 fully saturated rings. The van der Waals surface area contributed by atoms with E-state index in [4.69, 9.17) is 20.2 Å². The highest BCUT2D eigenvalue weighted by atomic mass is 19.3. The number of nitrogens with two attached hydrogens (primary N) is 1. The van der Waals surface area contributed by atoms with E-state index in [9.17, 15) is 8.78 Å². The number of ether oxygens (including phenoxy) is 2. The fraction of sp³-hybridized carbons (Fsp3) is 0.619. The SMILES string of the molecule is Nc1cc(C(F)F)c(-c2nc(N3CC4CCC(C3)O4)nc(N3CC4COCC3C4)n2)cn1. The maximum atomic E-state index is 13.8. The number of hydrogen-bond donors (Lipinski definition) is 1. The van der Waals surface area contributed by atoms with E-state index in [0.29, 0.717) is 37.5 Å². The van der Waals surface area contributed by atoms with Gasteiger partial charge < -0.3 is 25.0 Å². The van der Waals surface area contributed by atoms with Crippen molar-refractivity contribution < 1.29 is 18.3 Å². The molecule has 6 rings (SSSR count). The zero-order valence-corrected chi connectivity index (χ0v) is 17.5. The van der Waals surface area contributed by atoms with Gasteiger partial charge in [0.25, 0.3) is 6.43 Å². The normalized spacial score (nSPS) is 29.2. The van der Waals surface area contributed by atoms with Gasteiger partial charge in [0.2, 0.25) is 11.9 Å². The lowest BCUT2D eigenvalue weighted by atomic mass is 10.1. The number of halogens is 2. The molecule has 4 bridgehead atoms. The predicted octanol–water partition coefficient (Wildman–Crippen LogP) is 2.05. The summed E-state index contributed by atoms with van der Waals surface area (Å²) in [5.41, 5.74) is 5.62. The van der Waals surface area contributed by atoms with Crippen molar-refractivity contribution in [1.29, 1.82) is 0 Å². The highest BCUT2D eigenvalue weighted by molar-refractivity contribution is 5.64. The summed E-state index contributed by atoms with van der Waals surface area (Å²) in [5, 5.41) is 0. The highest BCUT2D eigenvalue weighted by Crippen LogP contribution is 2.36. The van der Waals surface area contributed by atoms with E-state index < -0.39 is 6.43 Å². The van der Waals surface area contributed by atoms with Crippen molar-refractivity contribution in [3.63, 3.8) is 0 Å². The van der Waals surface area contributed by atoms with Crippen molar-refractivity contribution in [1.82, 2.24) is 19.9 Å². The third-order valence-corrected chi connectivity index (χ3v) is 6.79. The first-order chi connectivity index (χ1) is 15.5. The molecule has 0 aliphatic carbocycles. The summed E-state index contributed by atoms with van der Waals surface area (Å²) in [5.74, 6) is 1.64. The van der Waals surface area contributed by atoms with Gasteiger partial charge in [-0.25, -0.2) is 13.8 Å². The summed E-state index contributed by atoms with van der Waals surface area (Å²) >= 11 is 0. The van der Waals surface area contributed by atoms with Gasteiger partial charge in [0.15, 0.2) is 5.82 Å². The first kappa shape index (κ1) is 20.0. The van der Waals surface area contributed by atoms with Gasteiger partial charge in [-0.1, -0.05) is 0 Å². The highest BCUT2D eigenvalue weighted by Gasteiger charge is 2.39. The molecule has 2 N–H and O–H groups in total. The number of aromatic nitrogens is 4. The standard InChI is InChI=1S/C21H25F2N7O2/c22-18(23)15-4-17(24)25-5-16(15)19-26-20(29-7-13-1-2-14(8-29)32-13)28-21(27-19)30-6-11-3-12(30)10-31-9-11/h4-5,11-14,18H,1-3,6-10H2,(H2,24,25). The molecule has 6 heterocycles. The molecule has 4 aliphatic heterocycles. The number of nitrogen functional groups attached to an aromatic ring is 1. The first-order valence-electron chi connectivity index (χ1n) is 11.1. The number of alkyl halides is 2. The molecular formula is C21H25F2N7O2.